The number of benzene rings is 2. The smallest absolute Gasteiger partial charge is 0.226 e. The van der Waals surface area contributed by atoms with Crippen LogP contribution in [0.2, 0.25) is 0 Å². The van der Waals surface area contributed by atoms with Crippen LogP contribution < -0.4 is 15.5 Å². The lowest BCUT2D eigenvalue weighted by Gasteiger charge is -2.08. The first-order chi connectivity index (χ1) is 11.7. The number of ether oxygens (including phenoxy) is 1. The van der Waals surface area contributed by atoms with Crippen LogP contribution in [0.1, 0.15) is 5.76 Å². The van der Waals surface area contributed by atoms with E-state index in [1.807, 2.05) is 48.5 Å². The van der Waals surface area contributed by atoms with Gasteiger partial charge in [0.1, 0.15) is 5.75 Å². The quantitative estimate of drug-likeness (QED) is 0.750. The minimum Gasteiger partial charge on any atom is -0.502 e. The average Bonchev–Trinajstić information content (AvgIpc) is 2.63. The summed E-state index contributed by atoms with van der Waals surface area (Å²) in [6.45, 7) is 0.226. The Labute approximate surface area is 139 Å². The van der Waals surface area contributed by atoms with Gasteiger partial charge in [0.15, 0.2) is 5.76 Å². The van der Waals surface area contributed by atoms with Gasteiger partial charge in [-0.05, 0) is 35.4 Å². The number of aromatic hydroxyl groups is 1. The van der Waals surface area contributed by atoms with E-state index >= 15 is 0 Å². The Kier molecular flexibility index (Phi) is 4.52. The fraction of sp³-hybridized carbons (Fsp3) is 0.105. The minimum absolute atomic E-state index is 0.210. The van der Waals surface area contributed by atoms with E-state index in [1.165, 1.54) is 12.3 Å². The molecule has 0 unspecified atom stereocenters. The molecular formula is C19H17NO4. The standard InChI is InChI=1S/C19H17NO4/c1-23-16-8-4-14(5-9-16)13-2-6-15(7-3-13)20-12-18-19(22)17(21)10-11-24-18/h2-11,20,22H,12H2,1H3. The van der Waals surface area contributed by atoms with Crippen LogP contribution in [-0.4, -0.2) is 12.2 Å². The molecule has 0 radical (unpaired) electrons. The van der Waals surface area contributed by atoms with Crippen molar-refractivity contribution >= 4 is 5.69 Å². The molecule has 24 heavy (non-hydrogen) atoms. The van der Waals surface area contributed by atoms with Crippen molar-refractivity contribution in [2.24, 2.45) is 0 Å². The van der Waals surface area contributed by atoms with Crippen LogP contribution >= 0.6 is 0 Å². The summed E-state index contributed by atoms with van der Waals surface area (Å²) < 4.78 is 10.3. The van der Waals surface area contributed by atoms with Crippen LogP contribution in [0.25, 0.3) is 11.1 Å². The molecule has 0 amide bonds. The third-order valence-corrected chi connectivity index (χ3v) is 3.69. The van der Waals surface area contributed by atoms with E-state index in [4.69, 9.17) is 9.15 Å². The Morgan fingerprint density at radius 2 is 1.62 bits per heavy atom. The van der Waals surface area contributed by atoms with Crippen LogP contribution in [0, 0.1) is 0 Å². The number of nitrogens with one attached hydrogen (secondary N) is 1. The van der Waals surface area contributed by atoms with Gasteiger partial charge >= 0.3 is 0 Å². The molecule has 2 aromatic carbocycles. The molecule has 0 spiro atoms. The Bertz CT molecular complexity index is 867. The van der Waals surface area contributed by atoms with E-state index in [0.29, 0.717) is 0 Å². The number of rotatable bonds is 5. The molecule has 1 aromatic heterocycles. The first kappa shape index (κ1) is 15.7. The van der Waals surface area contributed by atoms with Crippen molar-refractivity contribution in [2.45, 2.75) is 6.54 Å². The van der Waals surface area contributed by atoms with Gasteiger partial charge in [0.2, 0.25) is 11.2 Å². The van der Waals surface area contributed by atoms with E-state index in [0.717, 1.165) is 22.6 Å². The highest BCUT2D eigenvalue weighted by molar-refractivity contribution is 5.66. The predicted molar refractivity (Wildman–Crippen MR) is 92.4 cm³/mol. The van der Waals surface area contributed by atoms with E-state index in [9.17, 15) is 9.90 Å². The van der Waals surface area contributed by atoms with Gasteiger partial charge in [-0.25, -0.2) is 0 Å². The first-order valence-electron chi connectivity index (χ1n) is 7.45. The second-order valence-corrected chi connectivity index (χ2v) is 5.22. The topological polar surface area (TPSA) is 71.7 Å². The molecule has 122 valence electrons. The molecule has 0 atom stereocenters. The summed E-state index contributed by atoms with van der Waals surface area (Å²) in [5.74, 6) is 0.669. The first-order valence-corrected chi connectivity index (χ1v) is 7.45. The molecule has 0 saturated heterocycles. The molecular weight excluding hydrogens is 306 g/mol. The molecule has 3 rings (SSSR count). The van der Waals surface area contributed by atoms with Crippen molar-refractivity contribution in [1.29, 1.82) is 0 Å². The average molecular weight is 323 g/mol. The van der Waals surface area contributed by atoms with Crippen LogP contribution in [-0.2, 0) is 6.54 Å². The summed E-state index contributed by atoms with van der Waals surface area (Å²) in [4.78, 5) is 11.4. The number of anilines is 1. The summed E-state index contributed by atoms with van der Waals surface area (Å²) in [7, 11) is 1.64. The highest BCUT2D eigenvalue weighted by Gasteiger charge is 2.07. The molecule has 1 heterocycles. The predicted octanol–water partition coefficient (Wildman–Crippen LogP) is 3.63. The van der Waals surface area contributed by atoms with Gasteiger partial charge in [0.25, 0.3) is 0 Å². The summed E-state index contributed by atoms with van der Waals surface area (Å²) in [5.41, 5.74) is 2.58. The monoisotopic (exact) mass is 323 g/mol. The molecule has 2 N–H and O–H groups in total. The van der Waals surface area contributed by atoms with Gasteiger partial charge in [-0.3, -0.25) is 4.79 Å². The van der Waals surface area contributed by atoms with Gasteiger partial charge in [-0.15, -0.1) is 0 Å². The Balaban J connectivity index is 1.70. The van der Waals surface area contributed by atoms with Crippen molar-refractivity contribution in [2.75, 3.05) is 12.4 Å². The lowest BCUT2D eigenvalue weighted by atomic mass is 10.1. The zero-order chi connectivity index (χ0) is 16.9. The molecule has 0 aliphatic carbocycles. The molecule has 0 saturated carbocycles. The summed E-state index contributed by atoms with van der Waals surface area (Å²) >= 11 is 0. The fourth-order valence-corrected chi connectivity index (χ4v) is 2.32. The van der Waals surface area contributed by atoms with Crippen molar-refractivity contribution < 1.29 is 14.3 Å². The Hall–Kier alpha value is -3.21. The fourth-order valence-electron chi connectivity index (χ4n) is 2.32. The maximum Gasteiger partial charge on any atom is 0.226 e. The van der Waals surface area contributed by atoms with Gasteiger partial charge < -0.3 is 19.6 Å². The molecule has 0 aliphatic heterocycles. The zero-order valence-corrected chi connectivity index (χ0v) is 13.2. The molecule has 0 aliphatic rings. The lowest BCUT2D eigenvalue weighted by Crippen LogP contribution is -2.05. The highest BCUT2D eigenvalue weighted by atomic mass is 16.5. The number of hydrogen-bond acceptors (Lipinski definition) is 5. The Morgan fingerprint density at radius 1 is 1.00 bits per heavy atom. The second kappa shape index (κ2) is 6.91. The van der Waals surface area contributed by atoms with E-state index < -0.39 is 5.43 Å². The maximum absolute atomic E-state index is 11.4. The van der Waals surface area contributed by atoms with Crippen molar-refractivity contribution in [1.82, 2.24) is 0 Å². The van der Waals surface area contributed by atoms with Crippen LogP contribution in [0.4, 0.5) is 5.69 Å². The largest absolute Gasteiger partial charge is 0.502 e. The maximum atomic E-state index is 11.4. The molecule has 0 bridgehead atoms. The van der Waals surface area contributed by atoms with Gasteiger partial charge in [0.05, 0.1) is 19.9 Å². The van der Waals surface area contributed by atoms with Crippen molar-refractivity contribution in [3.8, 4) is 22.6 Å². The van der Waals surface area contributed by atoms with E-state index in [2.05, 4.69) is 5.32 Å². The van der Waals surface area contributed by atoms with Crippen LogP contribution in [0.3, 0.4) is 0 Å². The summed E-state index contributed by atoms with van der Waals surface area (Å²) in [6.07, 6.45) is 1.27. The minimum atomic E-state index is -0.451. The summed E-state index contributed by atoms with van der Waals surface area (Å²) in [5, 5.41) is 12.8. The number of hydrogen-bond donors (Lipinski definition) is 2. The second-order valence-electron chi connectivity index (χ2n) is 5.22. The lowest BCUT2D eigenvalue weighted by molar-refractivity contribution is 0.403. The van der Waals surface area contributed by atoms with Crippen molar-refractivity contribution in [3.05, 3.63) is 76.8 Å². The molecule has 5 nitrogen and oxygen atoms in total. The van der Waals surface area contributed by atoms with Gasteiger partial charge in [-0.1, -0.05) is 24.3 Å². The van der Waals surface area contributed by atoms with Gasteiger partial charge in [0, 0.05) is 11.8 Å². The molecule has 0 fully saturated rings. The zero-order valence-electron chi connectivity index (χ0n) is 13.2. The van der Waals surface area contributed by atoms with Crippen molar-refractivity contribution in [3.63, 3.8) is 0 Å². The summed E-state index contributed by atoms with van der Waals surface area (Å²) in [6, 6.07) is 16.9. The normalized spacial score (nSPS) is 10.4. The molecule has 3 aromatic rings. The van der Waals surface area contributed by atoms with Crippen LogP contribution in [0.15, 0.2) is 70.1 Å². The van der Waals surface area contributed by atoms with Crippen LogP contribution in [0.5, 0.6) is 11.5 Å². The third kappa shape index (κ3) is 3.41. The van der Waals surface area contributed by atoms with Gasteiger partial charge in [-0.2, -0.15) is 0 Å². The SMILES string of the molecule is COc1ccc(-c2ccc(NCc3occc(=O)c3O)cc2)cc1. The molecule has 5 heteroatoms. The van der Waals surface area contributed by atoms with E-state index in [-0.39, 0.29) is 18.1 Å². The third-order valence-electron chi connectivity index (χ3n) is 3.69. The Morgan fingerprint density at radius 3 is 2.25 bits per heavy atom. The number of methoxy groups -OCH3 is 1. The van der Waals surface area contributed by atoms with E-state index in [1.54, 1.807) is 7.11 Å². The highest BCUT2D eigenvalue weighted by Crippen LogP contribution is 2.24.